The molecular formula is C12H15Cl2FN4O. The van der Waals surface area contributed by atoms with Gasteiger partial charge in [0.05, 0.1) is 13.1 Å². The predicted molar refractivity (Wildman–Crippen MR) is 76.0 cm³/mol. The molecule has 2 rings (SSSR count). The van der Waals surface area contributed by atoms with E-state index in [-0.39, 0.29) is 24.8 Å². The molecule has 2 aromatic rings. The van der Waals surface area contributed by atoms with Crippen molar-refractivity contribution >= 4 is 24.0 Å². The van der Waals surface area contributed by atoms with Gasteiger partial charge in [-0.05, 0) is 24.7 Å². The number of nitrogens with two attached hydrogens (primary N) is 1. The fourth-order valence-electron chi connectivity index (χ4n) is 1.68. The Morgan fingerprint density at radius 2 is 2.15 bits per heavy atom. The van der Waals surface area contributed by atoms with Gasteiger partial charge < -0.3 is 10.3 Å². The predicted octanol–water partition coefficient (Wildman–Crippen LogP) is 2.37. The molecule has 0 saturated carbocycles. The lowest BCUT2D eigenvalue weighted by Gasteiger charge is -2.15. The summed E-state index contributed by atoms with van der Waals surface area (Å²) in [7, 11) is 1.89. The average molecular weight is 321 g/mol. The topological polar surface area (TPSA) is 68.2 Å². The monoisotopic (exact) mass is 320 g/mol. The van der Waals surface area contributed by atoms with Crippen LogP contribution in [0.15, 0.2) is 22.7 Å². The summed E-state index contributed by atoms with van der Waals surface area (Å²) in [5.74, 6) is 0.617. The minimum atomic E-state index is -0.345. The smallest absolute Gasteiger partial charge is 0.240 e. The van der Waals surface area contributed by atoms with Crippen molar-refractivity contribution in [2.75, 3.05) is 7.05 Å². The van der Waals surface area contributed by atoms with E-state index in [1.165, 1.54) is 12.1 Å². The third kappa shape index (κ3) is 4.42. The highest BCUT2D eigenvalue weighted by molar-refractivity contribution is 6.31. The minimum Gasteiger partial charge on any atom is -0.338 e. The molecule has 110 valence electrons. The second-order valence-electron chi connectivity index (χ2n) is 4.22. The first kappa shape index (κ1) is 16.8. The molecule has 8 heteroatoms. The lowest BCUT2D eigenvalue weighted by Crippen LogP contribution is -2.18. The SMILES string of the molecule is CN(Cc1noc(CN)n1)Cc1ccc(F)cc1Cl.Cl. The molecule has 5 nitrogen and oxygen atoms in total. The van der Waals surface area contributed by atoms with Crippen LogP contribution in [-0.4, -0.2) is 22.1 Å². The Morgan fingerprint density at radius 1 is 1.40 bits per heavy atom. The number of aromatic nitrogens is 2. The standard InChI is InChI=1S/C12H14ClFN4O.ClH/c1-18(7-11-16-12(5-15)19-17-11)6-8-2-3-9(14)4-10(8)13;/h2-4H,5-7,15H2,1H3;1H. The first-order valence-electron chi connectivity index (χ1n) is 5.72. The van der Waals surface area contributed by atoms with Crippen LogP contribution in [0, 0.1) is 5.82 Å². The summed E-state index contributed by atoms with van der Waals surface area (Å²) in [6, 6.07) is 4.34. The van der Waals surface area contributed by atoms with Gasteiger partial charge >= 0.3 is 0 Å². The maximum absolute atomic E-state index is 12.9. The van der Waals surface area contributed by atoms with Crippen LogP contribution in [0.5, 0.6) is 0 Å². The van der Waals surface area contributed by atoms with E-state index in [0.717, 1.165) is 5.56 Å². The summed E-state index contributed by atoms with van der Waals surface area (Å²) in [5.41, 5.74) is 6.23. The van der Waals surface area contributed by atoms with Gasteiger partial charge in [-0.15, -0.1) is 12.4 Å². The lowest BCUT2D eigenvalue weighted by molar-refractivity contribution is 0.299. The number of hydrogen-bond acceptors (Lipinski definition) is 5. The second-order valence-corrected chi connectivity index (χ2v) is 4.62. The van der Waals surface area contributed by atoms with Crippen LogP contribution in [-0.2, 0) is 19.6 Å². The molecule has 0 aliphatic heterocycles. The third-order valence-corrected chi connectivity index (χ3v) is 2.90. The van der Waals surface area contributed by atoms with Gasteiger partial charge in [-0.3, -0.25) is 4.90 Å². The molecule has 0 aliphatic rings. The van der Waals surface area contributed by atoms with Crippen LogP contribution >= 0.6 is 24.0 Å². The highest BCUT2D eigenvalue weighted by Gasteiger charge is 2.10. The quantitative estimate of drug-likeness (QED) is 0.916. The van der Waals surface area contributed by atoms with Gasteiger partial charge in [0.15, 0.2) is 5.82 Å². The minimum absolute atomic E-state index is 0. The Hall–Kier alpha value is -1.21. The Morgan fingerprint density at radius 3 is 2.75 bits per heavy atom. The van der Waals surface area contributed by atoms with Crippen LogP contribution < -0.4 is 5.73 Å². The van der Waals surface area contributed by atoms with Crippen LogP contribution in [0.1, 0.15) is 17.3 Å². The van der Waals surface area contributed by atoms with Gasteiger partial charge in [0.1, 0.15) is 5.82 Å². The molecule has 0 fully saturated rings. The zero-order valence-electron chi connectivity index (χ0n) is 10.8. The van der Waals surface area contributed by atoms with E-state index in [1.807, 2.05) is 11.9 Å². The van der Waals surface area contributed by atoms with Crippen molar-refractivity contribution < 1.29 is 8.91 Å². The highest BCUT2D eigenvalue weighted by Crippen LogP contribution is 2.19. The van der Waals surface area contributed by atoms with E-state index in [0.29, 0.717) is 29.8 Å². The summed E-state index contributed by atoms with van der Waals surface area (Å²) in [6.45, 7) is 1.28. The van der Waals surface area contributed by atoms with E-state index in [4.69, 9.17) is 21.9 Å². The summed E-state index contributed by atoms with van der Waals surface area (Å²) < 4.78 is 17.8. The normalized spacial score (nSPS) is 10.7. The molecule has 0 amide bonds. The molecular weight excluding hydrogens is 306 g/mol. The maximum Gasteiger partial charge on any atom is 0.240 e. The Labute approximate surface area is 127 Å². The largest absolute Gasteiger partial charge is 0.338 e. The molecule has 1 aromatic carbocycles. The number of halogens is 3. The van der Waals surface area contributed by atoms with Gasteiger partial charge in [0, 0.05) is 11.6 Å². The average Bonchev–Trinajstić information content (AvgIpc) is 2.80. The third-order valence-electron chi connectivity index (χ3n) is 2.55. The molecule has 20 heavy (non-hydrogen) atoms. The number of benzene rings is 1. The second kappa shape index (κ2) is 7.54. The first-order valence-corrected chi connectivity index (χ1v) is 6.10. The van der Waals surface area contributed by atoms with Gasteiger partial charge in [0.25, 0.3) is 0 Å². The van der Waals surface area contributed by atoms with E-state index in [1.54, 1.807) is 6.07 Å². The van der Waals surface area contributed by atoms with Gasteiger partial charge in [-0.25, -0.2) is 4.39 Å². The Bertz CT molecular complexity index is 564. The van der Waals surface area contributed by atoms with Crippen molar-refractivity contribution in [3.63, 3.8) is 0 Å². The van der Waals surface area contributed by atoms with Crippen molar-refractivity contribution in [1.29, 1.82) is 0 Å². The molecule has 0 spiro atoms. The first-order chi connectivity index (χ1) is 9.08. The molecule has 2 N–H and O–H groups in total. The molecule has 0 bridgehead atoms. The zero-order valence-corrected chi connectivity index (χ0v) is 12.4. The lowest BCUT2D eigenvalue weighted by atomic mass is 10.2. The maximum atomic E-state index is 12.9. The van der Waals surface area contributed by atoms with Gasteiger partial charge in [-0.1, -0.05) is 22.8 Å². The Kier molecular flexibility index (Phi) is 6.35. The van der Waals surface area contributed by atoms with E-state index < -0.39 is 0 Å². The van der Waals surface area contributed by atoms with Crippen molar-refractivity contribution in [1.82, 2.24) is 15.0 Å². The van der Waals surface area contributed by atoms with E-state index >= 15 is 0 Å². The summed E-state index contributed by atoms with van der Waals surface area (Å²) in [6.07, 6.45) is 0. The molecule has 1 aromatic heterocycles. The van der Waals surface area contributed by atoms with Crippen molar-refractivity contribution in [3.05, 3.63) is 46.3 Å². The summed E-state index contributed by atoms with van der Waals surface area (Å²) in [4.78, 5) is 6.06. The van der Waals surface area contributed by atoms with Crippen molar-refractivity contribution in [2.45, 2.75) is 19.6 Å². The molecule has 0 radical (unpaired) electrons. The highest BCUT2D eigenvalue weighted by atomic mass is 35.5. The van der Waals surface area contributed by atoms with Crippen LogP contribution in [0.2, 0.25) is 5.02 Å². The van der Waals surface area contributed by atoms with Crippen LogP contribution in [0.4, 0.5) is 4.39 Å². The molecule has 0 saturated heterocycles. The van der Waals surface area contributed by atoms with E-state index in [9.17, 15) is 4.39 Å². The zero-order chi connectivity index (χ0) is 13.8. The molecule has 0 unspecified atom stereocenters. The summed E-state index contributed by atoms with van der Waals surface area (Å²) >= 11 is 5.97. The van der Waals surface area contributed by atoms with Gasteiger partial charge in [0.2, 0.25) is 5.89 Å². The molecule has 0 aliphatic carbocycles. The number of nitrogens with zero attached hydrogens (tertiary/aromatic N) is 3. The Balaban J connectivity index is 0.00000200. The van der Waals surface area contributed by atoms with Crippen molar-refractivity contribution in [2.24, 2.45) is 5.73 Å². The van der Waals surface area contributed by atoms with Gasteiger partial charge in [-0.2, -0.15) is 4.98 Å². The van der Waals surface area contributed by atoms with Crippen LogP contribution in [0.25, 0.3) is 0 Å². The fraction of sp³-hybridized carbons (Fsp3) is 0.333. The number of hydrogen-bond donors (Lipinski definition) is 1. The van der Waals surface area contributed by atoms with E-state index in [2.05, 4.69) is 10.1 Å². The molecule has 0 atom stereocenters. The number of rotatable bonds is 5. The molecule has 1 heterocycles. The van der Waals surface area contributed by atoms with Crippen LogP contribution in [0.3, 0.4) is 0 Å². The fourth-order valence-corrected chi connectivity index (χ4v) is 1.90. The van der Waals surface area contributed by atoms with Crippen molar-refractivity contribution in [3.8, 4) is 0 Å². The summed E-state index contributed by atoms with van der Waals surface area (Å²) in [5, 5.41) is 4.21.